The molecule has 1 aromatic carbocycles. The minimum Gasteiger partial charge on any atom is -0.339 e. The molecule has 6 heteroatoms. The van der Waals surface area contributed by atoms with Crippen molar-refractivity contribution in [2.45, 2.75) is 52.5 Å². The van der Waals surface area contributed by atoms with Crippen LogP contribution in [0.4, 0.5) is 0 Å². The molecular formula is C25H34N4O2. The van der Waals surface area contributed by atoms with Crippen molar-refractivity contribution < 1.29 is 9.59 Å². The molecule has 31 heavy (non-hydrogen) atoms. The largest absolute Gasteiger partial charge is 0.339 e. The van der Waals surface area contributed by atoms with Gasteiger partial charge in [0.05, 0.1) is 11.8 Å². The van der Waals surface area contributed by atoms with Crippen molar-refractivity contribution in [3.8, 4) is 0 Å². The standard InChI is InChI=1S/C25H34N4O2/c1-19-22(17-26-27(19)3)23(30)28-15-11-21(12-16-28)25(2)13-7-8-14-29(24(25)31)18-20-9-5-4-6-10-20/h4-6,9-10,17,21H,7-8,11-16,18H2,1-3H3. The fourth-order valence-corrected chi connectivity index (χ4v) is 5.30. The van der Waals surface area contributed by atoms with Gasteiger partial charge in [-0.05, 0) is 44.1 Å². The Morgan fingerprint density at radius 1 is 1.13 bits per heavy atom. The summed E-state index contributed by atoms with van der Waals surface area (Å²) in [5.41, 5.74) is 2.43. The van der Waals surface area contributed by atoms with Crippen molar-refractivity contribution >= 4 is 11.8 Å². The third-order valence-corrected chi connectivity index (χ3v) is 7.52. The molecule has 6 nitrogen and oxygen atoms in total. The van der Waals surface area contributed by atoms with E-state index < -0.39 is 0 Å². The Kier molecular flexibility index (Phi) is 6.17. The Morgan fingerprint density at radius 3 is 2.48 bits per heavy atom. The van der Waals surface area contributed by atoms with Crippen LogP contribution in [-0.2, 0) is 18.4 Å². The monoisotopic (exact) mass is 422 g/mol. The quantitative estimate of drug-likeness (QED) is 0.753. The summed E-state index contributed by atoms with van der Waals surface area (Å²) in [5, 5.41) is 4.21. The van der Waals surface area contributed by atoms with Gasteiger partial charge in [0.25, 0.3) is 5.91 Å². The smallest absolute Gasteiger partial charge is 0.257 e. The van der Waals surface area contributed by atoms with Crippen molar-refractivity contribution in [2.75, 3.05) is 19.6 Å². The fourth-order valence-electron chi connectivity index (χ4n) is 5.30. The van der Waals surface area contributed by atoms with Gasteiger partial charge < -0.3 is 9.80 Å². The summed E-state index contributed by atoms with van der Waals surface area (Å²) in [5.74, 6) is 0.671. The maximum Gasteiger partial charge on any atom is 0.257 e. The molecule has 2 aliphatic heterocycles. The number of amides is 2. The van der Waals surface area contributed by atoms with E-state index in [1.165, 1.54) is 5.56 Å². The highest BCUT2D eigenvalue weighted by molar-refractivity contribution is 5.95. The van der Waals surface area contributed by atoms with Gasteiger partial charge in [0, 0.05) is 44.3 Å². The molecule has 2 aromatic rings. The molecule has 166 valence electrons. The average molecular weight is 423 g/mol. The van der Waals surface area contributed by atoms with Crippen LogP contribution in [-0.4, -0.2) is 51.0 Å². The van der Waals surface area contributed by atoms with Crippen LogP contribution in [0.1, 0.15) is 60.6 Å². The van der Waals surface area contributed by atoms with E-state index in [-0.39, 0.29) is 11.3 Å². The van der Waals surface area contributed by atoms with Gasteiger partial charge in [-0.3, -0.25) is 14.3 Å². The zero-order chi connectivity index (χ0) is 22.0. The normalized spacial score (nSPS) is 23.1. The second-order valence-electron chi connectivity index (χ2n) is 9.42. The molecule has 0 radical (unpaired) electrons. The van der Waals surface area contributed by atoms with Crippen molar-refractivity contribution in [1.82, 2.24) is 19.6 Å². The number of nitrogens with zero attached hydrogens (tertiary/aromatic N) is 4. The van der Waals surface area contributed by atoms with Crippen molar-refractivity contribution in [1.29, 1.82) is 0 Å². The first-order chi connectivity index (χ1) is 14.9. The van der Waals surface area contributed by atoms with Crippen LogP contribution in [0.5, 0.6) is 0 Å². The van der Waals surface area contributed by atoms with Gasteiger partial charge >= 0.3 is 0 Å². The number of likely N-dealkylation sites (tertiary alicyclic amines) is 2. The summed E-state index contributed by atoms with van der Waals surface area (Å²) in [6, 6.07) is 10.3. The average Bonchev–Trinajstić information content (AvgIpc) is 3.06. The summed E-state index contributed by atoms with van der Waals surface area (Å²) in [6.07, 6.45) is 6.52. The Labute approximate surface area is 185 Å². The Hall–Kier alpha value is -2.63. The molecule has 2 fully saturated rings. The van der Waals surface area contributed by atoms with Gasteiger partial charge in [0.2, 0.25) is 5.91 Å². The lowest BCUT2D eigenvalue weighted by Crippen LogP contribution is -2.49. The molecule has 2 saturated heterocycles. The fraction of sp³-hybridized carbons (Fsp3) is 0.560. The molecule has 2 amide bonds. The Morgan fingerprint density at radius 2 is 1.84 bits per heavy atom. The van der Waals surface area contributed by atoms with Crippen LogP contribution in [0.15, 0.2) is 36.5 Å². The third kappa shape index (κ3) is 4.25. The van der Waals surface area contributed by atoms with Crippen LogP contribution in [0.25, 0.3) is 0 Å². The van der Waals surface area contributed by atoms with E-state index in [0.717, 1.165) is 44.3 Å². The number of rotatable bonds is 4. The van der Waals surface area contributed by atoms with E-state index in [9.17, 15) is 9.59 Å². The summed E-state index contributed by atoms with van der Waals surface area (Å²) in [4.78, 5) is 30.7. The topological polar surface area (TPSA) is 58.4 Å². The highest BCUT2D eigenvalue weighted by Gasteiger charge is 2.45. The molecule has 3 heterocycles. The zero-order valence-electron chi connectivity index (χ0n) is 19.0. The minimum atomic E-state index is -0.343. The first-order valence-electron chi connectivity index (χ1n) is 11.5. The van der Waals surface area contributed by atoms with Crippen LogP contribution >= 0.6 is 0 Å². The van der Waals surface area contributed by atoms with Crippen LogP contribution in [0, 0.1) is 18.3 Å². The van der Waals surface area contributed by atoms with E-state index in [4.69, 9.17) is 0 Å². The molecule has 1 aromatic heterocycles. The van der Waals surface area contributed by atoms with Gasteiger partial charge in [-0.2, -0.15) is 5.10 Å². The maximum atomic E-state index is 13.7. The van der Waals surface area contributed by atoms with Gasteiger partial charge in [-0.15, -0.1) is 0 Å². The second-order valence-corrected chi connectivity index (χ2v) is 9.42. The first kappa shape index (κ1) is 21.6. The van der Waals surface area contributed by atoms with Crippen molar-refractivity contribution in [3.63, 3.8) is 0 Å². The number of aromatic nitrogens is 2. The van der Waals surface area contributed by atoms with Gasteiger partial charge in [0.15, 0.2) is 0 Å². The highest BCUT2D eigenvalue weighted by Crippen LogP contribution is 2.43. The van der Waals surface area contributed by atoms with Crippen LogP contribution in [0.3, 0.4) is 0 Å². The molecule has 4 rings (SSSR count). The molecule has 0 aliphatic carbocycles. The molecule has 0 spiro atoms. The number of carbonyl (C=O) groups is 2. The molecule has 1 atom stereocenters. The van der Waals surface area contributed by atoms with Gasteiger partial charge in [-0.1, -0.05) is 43.7 Å². The molecule has 0 N–H and O–H groups in total. The van der Waals surface area contributed by atoms with Gasteiger partial charge in [0.1, 0.15) is 0 Å². The summed E-state index contributed by atoms with van der Waals surface area (Å²) in [7, 11) is 1.86. The summed E-state index contributed by atoms with van der Waals surface area (Å²) >= 11 is 0. The van der Waals surface area contributed by atoms with Crippen LogP contribution in [0.2, 0.25) is 0 Å². The van der Waals surface area contributed by atoms with E-state index in [1.807, 2.05) is 37.1 Å². The number of carbonyl (C=O) groups excluding carboxylic acids is 2. The van der Waals surface area contributed by atoms with E-state index in [2.05, 4.69) is 29.1 Å². The number of piperidine rings is 1. The summed E-state index contributed by atoms with van der Waals surface area (Å²) < 4.78 is 1.74. The second kappa shape index (κ2) is 8.85. The van der Waals surface area contributed by atoms with Crippen LogP contribution < -0.4 is 0 Å². The SMILES string of the molecule is Cc1c(C(=O)N2CCC(C3(C)CCCCN(Cc4ccccc4)C3=O)CC2)cnn1C. The molecular weight excluding hydrogens is 388 g/mol. The maximum absolute atomic E-state index is 13.7. The highest BCUT2D eigenvalue weighted by atomic mass is 16.2. The molecule has 1 unspecified atom stereocenters. The Balaban J connectivity index is 1.44. The predicted molar refractivity (Wildman–Crippen MR) is 120 cm³/mol. The number of aryl methyl sites for hydroxylation is 1. The Bertz CT molecular complexity index is 930. The number of benzene rings is 1. The van der Waals surface area contributed by atoms with E-state index in [1.54, 1.807) is 10.9 Å². The molecule has 0 bridgehead atoms. The summed E-state index contributed by atoms with van der Waals surface area (Å²) in [6.45, 7) is 7.04. The number of hydrogen-bond acceptors (Lipinski definition) is 3. The predicted octanol–water partition coefficient (Wildman–Crippen LogP) is 3.80. The van der Waals surface area contributed by atoms with Gasteiger partial charge in [-0.25, -0.2) is 0 Å². The minimum absolute atomic E-state index is 0.0621. The van der Waals surface area contributed by atoms with Crippen molar-refractivity contribution in [2.24, 2.45) is 18.4 Å². The lowest BCUT2D eigenvalue weighted by atomic mass is 9.69. The van der Waals surface area contributed by atoms with Crippen molar-refractivity contribution in [3.05, 3.63) is 53.3 Å². The molecule has 2 aliphatic rings. The lowest BCUT2D eigenvalue weighted by Gasteiger charge is -2.43. The van der Waals surface area contributed by atoms with E-state index >= 15 is 0 Å². The first-order valence-corrected chi connectivity index (χ1v) is 11.5. The third-order valence-electron chi connectivity index (χ3n) is 7.52. The molecule has 0 saturated carbocycles. The van der Waals surface area contributed by atoms with E-state index in [0.29, 0.717) is 37.0 Å². The number of hydrogen-bond donors (Lipinski definition) is 0. The zero-order valence-corrected chi connectivity index (χ0v) is 19.0. The lowest BCUT2D eigenvalue weighted by molar-refractivity contribution is -0.145.